The fraction of sp³-hybridized carbons (Fsp3) is 0.143. The van der Waals surface area contributed by atoms with Gasteiger partial charge in [0.15, 0.2) is 0 Å². The van der Waals surface area contributed by atoms with Gasteiger partial charge in [-0.25, -0.2) is 0 Å². The molecule has 1 aromatic heterocycles. The molecule has 3 rings (SSSR count). The van der Waals surface area contributed by atoms with Crippen molar-refractivity contribution < 1.29 is 26.3 Å². The molecule has 2 aromatic carbocycles. The summed E-state index contributed by atoms with van der Waals surface area (Å²) in [4.78, 5) is 0. The van der Waals surface area contributed by atoms with Crippen molar-refractivity contribution >= 4 is 31.5 Å². The Labute approximate surface area is 119 Å². The first-order valence-electron chi connectivity index (χ1n) is 5.70. The van der Waals surface area contributed by atoms with Crippen LogP contribution in [0, 0.1) is 0 Å². The second-order valence-electron chi connectivity index (χ2n) is 4.02. The summed E-state index contributed by atoms with van der Waals surface area (Å²) < 4.78 is 69.4. The Balaban J connectivity index is 0.000000361. The van der Waals surface area contributed by atoms with Gasteiger partial charge in [-0.3, -0.25) is 0 Å². The van der Waals surface area contributed by atoms with E-state index in [2.05, 4.69) is 0 Å². The van der Waals surface area contributed by atoms with E-state index in [1.54, 1.807) is 18.2 Å². The minimum Gasteiger partial charge on any atom is -0.174 e. The van der Waals surface area contributed by atoms with Crippen LogP contribution in [-0.4, -0.2) is 6.68 Å². The Morgan fingerprint density at radius 2 is 1.38 bits per heavy atom. The number of hydrogen-bond donors (Lipinski definition) is 0. The third-order valence-electron chi connectivity index (χ3n) is 2.71. The second-order valence-corrected chi connectivity index (χ2v) is 5.11. The molecule has 0 amide bonds. The second kappa shape index (κ2) is 5.93. The number of halogens is 6. The highest BCUT2D eigenvalue weighted by atomic mass is 32.1. The Kier molecular flexibility index (Phi) is 4.41. The summed E-state index contributed by atoms with van der Waals surface area (Å²) in [5, 5.41) is 1.00. The monoisotopic (exact) mass is 322 g/mol. The largest absolute Gasteiger partial charge is 0.417 e. The van der Waals surface area contributed by atoms with Crippen LogP contribution in [-0.2, 0) is 6.18 Å². The SMILES string of the molecule is FC(F)(F)c1cccc2sc3ccccc3c12.FC(F)F. The number of rotatable bonds is 0. The van der Waals surface area contributed by atoms with E-state index < -0.39 is 18.4 Å². The third-order valence-corrected chi connectivity index (χ3v) is 3.84. The lowest BCUT2D eigenvalue weighted by Crippen LogP contribution is -2.04. The quantitative estimate of drug-likeness (QED) is 0.429. The molecule has 112 valence electrons. The van der Waals surface area contributed by atoms with E-state index in [0.717, 1.165) is 10.8 Å². The highest BCUT2D eigenvalue weighted by molar-refractivity contribution is 7.25. The Hall–Kier alpha value is -1.76. The molecule has 0 bridgehead atoms. The number of thiophene rings is 1. The minimum atomic E-state index is -4.30. The van der Waals surface area contributed by atoms with Gasteiger partial charge < -0.3 is 0 Å². The van der Waals surface area contributed by atoms with Gasteiger partial charge in [-0.05, 0) is 18.2 Å². The first-order valence-corrected chi connectivity index (χ1v) is 6.52. The van der Waals surface area contributed by atoms with Crippen LogP contribution < -0.4 is 0 Å². The molecule has 0 spiro atoms. The van der Waals surface area contributed by atoms with E-state index in [1.807, 2.05) is 12.1 Å². The number of hydrogen-bond acceptors (Lipinski definition) is 1. The molecule has 0 unspecified atom stereocenters. The summed E-state index contributed by atoms with van der Waals surface area (Å²) in [5.41, 5.74) is -0.549. The van der Waals surface area contributed by atoms with Gasteiger partial charge in [0.2, 0.25) is 0 Å². The van der Waals surface area contributed by atoms with Crippen LogP contribution in [0.2, 0.25) is 0 Å². The van der Waals surface area contributed by atoms with Crippen LogP contribution in [0.4, 0.5) is 26.3 Å². The van der Waals surface area contributed by atoms with Crippen molar-refractivity contribution in [2.75, 3.05) is 0 Å². The van der Waals surface area contributed by atoms with Crippen LogP contribution in [0.25, 0.3) is 20.2 Å². The molecule has 7 heteroatoms. The predicted molar refractivity (Wildman–Crippen MR) is 71.4 cm³/mol. The molecule has 0 aliphatic carbocycles. The average molecular weight is 322 g/mol. The summed E-state index contributed by atoms with van der Waals surface area (Å²) >= 11 is 1.39. The Morgan fingerprint density at radius 3 is 2.00 bits per heavy atom. The summed E-state index contributed by atoms with van der Waals surface area (Å²) in [6.07, 6.45) is -4.30. The molecular formula is C14H8F6S. The maximum absolute atomic E-state index is 12.9. The smallest absolute Gasteiger partial charge is 0.174 e. The predicted octanol–water partition coefficient (Wildman–Crippen LogP) is 6.25. The van der Waals surface area contributed by atoms with Crippen molar-refractivity contribution in [3.8, 4) is 0 Å². The van der Waals surface area contributed by atoms with Crippen LogP contribution in [0.5, 0.6) is 0 Å². The van der Waals surface area contributed by atoms with Gasteiger partial charge >= 0.3 is 12.9 Å². The van der Waals surface area contributed by atoms with E-state index >= 15 is 0 Å². The van der Waals surface area contributed by atoms with Crippen LogP contribution >= 0.6 is 11.3 Å². The van der Waals surface area contributed by atoms with Crippen molar-refractivity contribution in [1.82, 2.24) is 0 Å². The van der Waals surface area contributed by atoms with Gasteiger partial charge in [-0.1, -0.05) is 24.3 Å². The summed E-state index contributed by atoms with van der Waals surface area (Å²) in [6.45, 7) is -3.67. The number of alkyl halides is 6. The molecule has 1 heterocycles. The van der Waals surface area contributed by atoms with Gasteiger partial charge in [-0.15, -0.1) is 11.3 Å². The molecule has 0 aliphatic rings. The van der Waals surface area contributed by atoms with Gasteiger partial charge in [0.25, 0.3) is 0 Å². The number of benzene rings is 2. The molecule has 0 N–H and O–H groups in total. The Bertz CT molecular complexity index is 741. The van der Waals surface area contributed by atoms with Crippen molar-refractivity contribution in [1.29, 1.82) is 0 Å². The topological polar surface area (TPSA) is 0 Å². The van der Waals surface area contributed by atoms with Gasteiger partial charge in [0, 0.05) is 20.2 Å². The zero-order valence-electron chi connectivity index (χ0n) is 10.3. The molecule has 0 aliphatic heterocycles. The van der Waals surface area contributed by atoms with Gasteiger partial charge in [0.05, 0.1) is 5.56 Å². The zero-order chi connectivity index (χ0) is 15.6. The molecule has 0 fully saturated rings. The van der Waals surface area contributed by atoms with Crippen LogP contribution in [0.3, 0.4) is 0 Å². The lowest BCUT2D eigenvalue weighted by molar-refractivity contribution is -0.136. The first kappa shape index (κ1) is 15.6. The van der Waals surface area contributed by atoms with E-state index in [0.29, 0.717) is 15.5 Å². The van der Waals surface area contributed by atoms with Crippen LogP contribution in [0.15, 0.2) is 42.5 Å². The highest BCUT2D eigenvalue weighted by Crippen LogP contribution is 2.41. The normalized spacial score (nSPS) is 11.8. The van der Waals surface area contributed by atoms with Crippen molar-refractivity contribution in [2.24, 2.45) is 0 Å². The summed E-state index contributed by atoms with van der Waals surface area (Å²) in [5.74, 6) is 0. The van der Waals surface area contributed by atoms with Crippen molar-refractivity contribution in [3.63, 3.8) is 0 Å². The van der Waals surface area contributed by atoms with Gasteiger partial charge in [-0.2, -0.15) is 26.3 Å². The Morgan fingerprint density at radius 1 is 0.810 bits per heavy atom. The molecule has 3 aromatic rings. The van der Waals surface area contributed by atoms with Crippen molar-refractivity contribution in [3.05, 3.63) is 48.0 Å². The van der Waals surface area contributed by atoms with E-state index in [9.17, 15) is 26.3 Å². The summed E-state index contributed by atoms with van der Waals surface area (Å²) in [7, 11) is 0. The highest BCUT2D eigenvalue weighted by Gasteiger charge is 2.33. The molecular weight excluding hydrogens is 314 g/mol. The fourth-order valence-electron chi connectivity index (χ4n) is 2.01. The van der Waals surface area contributed by atoms with Crippen molar-refractivity contribution in [2.45, 2.75) is 12.9 Å². The molecule has 0 nitrogen and oxygen atoms in total. The maximum atomic E-state index is 12.9. The first-order chi connectivity index (χ1) is 9.80. The number of fused-ring (bicyclic) bond motifs is 3. The molecule has 0 saturated heterocycles. The third kappa shape index (κ3) is 3.47. The maximum Gasteiger partial charge on any atom is 0.417 e. The minimum absolute atomic E-state index is 0.320. The van der Waals surface area contributed by atoms with E-state index in [1.165, 1.54) is 17.4 Å². The fourth-order valence-corrected chi connectivity index (χ4v) is 3.14. The average Bonchev–Trinajstić information content (AvgIpc) is 2.75. The molecule has 21 heavy (non-hydrogen) atoms. The van der Waals surface area contributed by atoms with Crippen LogP contribution in [0.1, 0.15) is 5.56 Å². The molecule has 0 atom stereocenters. The molecule has 0 radical (unpaired) electrons. The van der Waals surface area contributed by atoms with E-state index in [4.69, 9.17) is 0 Å². The lowest BCUT2D eigenvalue weighted by atomic mass is 10.1. The molecule has 0 saturated carbocycles. The summed E-state index contributed by atoms with van der Waals surface area (Å²) in [6, 6.07) is 11.5. The zero-order valence-corrected chi connectivity index (χ0v) is 11.1. The standard InChI is InChI=1S/C13H7F3S.CHF3/c14-13(15,16)9-5-3-7-11-12(9)8-4-1-2-6-10(8)17-11;2-1(3)4/h1-7H;1H. The van der Waals surface area contributed by atoms with E-state index in [-0.39, 0.29) is 0 Å². The lowest BCUT2D eigenvalue weighted by Gasteiger charge is -2.08. The van der Waals surface area contributed by atoms with Gasteiger partial charge in [0.1, 0.15) is 0 Å².